The Labute approximate surface area is 76.7 Å². The molecule has 0 N–H and O–H groups in total. The van der Waals surface area contributed by atoms with Crippen molar-refractivity contribution in [1.29, 1.82) is 0 Å². The standard InChI is InChI=1S/C9H12N4/c1-5-8-9(11-6(2)10-5)13(4)7(3)12-8/h1-4H3. The van der Waals surface area contributed by atoms with Crippen LogP contribution in [0.1, 0.15) is 17.3 Å². The Bertz CT molecular complexity index is 470. The molecule has 0 aliphatic heterocycles. The molecule has 0 unspecified atom stereocenters. The van der Waals surface area contributed by atoms with Crippen LogP contribution < -0.4 is 0 Å². The predicted molar refractivity (Wildman–Crippen MR) is 50.5 cm³/mol. The van der Waals surface area contributed by atoms with Crippen LogP contribution in [-0.4, -0.2) is 19.5 Å². The Balaban J connectivity index is 2.94. The average Bonchev–Trinajstić information content (AvgIpc) is 2.32. The lowest BCUT2D eigenvalue weighted by Gasteiger charge is -1.98. The third-order valence-electron chi connectivity index (χ3n) is 2.23. The highest BCUT2D eigenvalue weighted by atomic mass is 15.1. The topological polar surface area (TPSA) is 43.6 Å². The van der Waals surface area contributed by atoms with Crippen LogP contribution >= 0.6 is 0 Å². The van der Waals surface area contributed by atoms with Gasteiger partial charge in [0.15, 0.2) is 5.65 Å². The highest BCUT2D eigenvalue weighted by molar-refractivity contribution is 5.73. The van der Waals surface area contributed by atoms with Crippen LogP contribution in [-0.2, 0) is 7.05 Å². The van der Waals surface area contributed by atoms with E-state index in [0.717, 1.165) is 28.5 Å². The molecule has 0 radical (unpaired) electrons. The molecule has 0 saturated carbocycles. The summed E-state index contributed by atoms with van der Waals surface area (Å²) in [6.45, 7) is 5.83. The van der Waals surface area contributed by atoms with Crippen molar-refractivity contribution in [3.63, 3.8) is 0 Å². The van der Waals surface area contributed by atoms with Gasteiger partial charge in [0.05, 0.1) is 5.69 Å². The SMILES string of the molecule is Cc1nc(C)c2nc(C)n(C)c2n1. The summed E-state index contributed by atoms with van der Waals surface area (Å²) in [5, 5.41) is 0. The maximum Gasteiger partial charge on any atom is 0.163 e. The van der Waals surface area contributed by atoms with E-state index in [1.807, 2.05) is 32.4 Å². The summed E-state index contributed by atoms with van der Waals surface area (Å²) in [6, 6.07) is 0. The number of aryl methyl sites for hydroxylation is 4. The second-order valence-corrected chi connectivity index (χ2v) is 3.25. The second-order valence-electron chi connectivity index (χ2n) is 3.25. The molecular weight excluding hydrogens is 164 g/mol. The summed E-state index contributed by atoms with van der Waals surface area (Å²) >= 11 is 0. The zero-order valence-electron chi connectivity index (χ0n) is 8.29. The predicted octanol–water partition coefficient (Wildman–Crippen LogP) is 1.29. The molecule has 0 spiro atoms. The number of aromatic nitrogens is 4. The number of hydrogen-bond donors (Lipinski definition) is 0. The van der Waals surface area contributed by atoms with Gasteiger partial charge in [-0.2, -0.15) is 0 Å². The zero-order valence-corrected chi connectivity index (χ0v) is 8.29. The minimum atomic E-state index is 0.799. The maximum atomic E-state index is 4.39. The number of fused-ring (bicyclic) bond motifs is 1. The van der Waals surface area contributed by atoms with Gasteiger partial charge in [0.1, 0.15) is 17.2 Å². The van der Waals surface area contributed by atoms with Crippen LogP contribution in [0.5, 0.6) is 0 Å². The minimum absolute atomic E-state index is 0.799. The van der Waals surface area contributed by atoms with Gasteiger partial charge in [-0.1, -0.05) is 0 Å². The Morgan fingerprint density at radius 3 is 2.38 bits per heavy atom. The summed E-state index contributed by atoms with van der Waals surface area (Å²) in [7, 11) is 1.97. The van der Waals surface area contributed by atoms with Gasteiger partial charge in [-0.05, 0) is 20.8 Å². The first-order valence-electron chi connectivity index (χ1n) is 4.24. The van der Waals surface area contributed by atoms with Crippen LogP contribution in [0.15, 0.2) is 0 Å². The van der Waals surface area contributed by atoms with Gasteiger partial charge in [0.25, 0.3) is 0 Å². The van der Waals surface area contributed by atoms with Crippen LogP contribution in [0.3, 0.4) is 0 Å². The van der Waals surface area contributed by atoms with Gasteiger partial charge in [-0.15, -0.1) is 0 Å². The fourth-order valence-electron chi connectivity index (χ4n) is 1.44. The smallest absolute Gasteiger partial charge is 0.163 e. The number of hydrogen-bond acceptors (Lipinski definition) is 3. The van der Waals surface area contributed by atoms with E-state index in [1.54, 1.807) is 0 Å². The molecule has 2 aromatic rings. The van der Waals surface area contributed by atoms with Crippen molar-refractivity contribution < 1.29 is 0 Å². The van der Waals surface area contributed by atoms with Gasteiger partial charge in [-0.25, -0.2) is 15.0 Å². The fraction of sp³-hybridized carbons (Fsp3) is 0.444. The highest BCUT2D eigenvalue weighted by Crippen LogP contribution is 2.14. The molecule has 0 saturated heterocycles. The van der Waals surface area contributed by atoms with Crippen LogP contribution in [0.2, 0.25) is 0 Å². The number of imidazole rings is 1. The molecule has 0 fully saturated rings. The van der Waals surface area contributed by atoms with E-state index < -0.39 is 0 Å². The quantitative estimate of drug-likeness (QED) is 0.607. The summed E-state index contributed by atoms with van der Waals surface area (Å²) in [4.78, 5) is 13.0. The first-order valence-corrected chi connectivity index (χ1v) is 4.24. The van der Waals surface area contributed by atoms with E-state index in [0.29, 0.717) is 0 Å². The molecule has 2 rings (SSSR count). The Kier molecular flexibility index (Phi) is 1.58. The van der Waals surface area contributed by atoms with E-state index in [2.05, 4.69) is 15.0 Å². The Hall–Kier alpha value is -1.45. The van der Waals surface area contributed by atoms with Gasteiger partial charge in [0.2, 0.25) is 0 Å². The lowest BCUT2D eigenvalue weighted by molar-refractivity contribution is 0.868. The number of rotatable bonds is 0. The molecule has 0 amide bonds. The average molecular weight is 176 g/mol. The minimum Gasteiger partial charge on any atom is -0.316 e. The molecule has 0 aliphatic carbocycles. The van der Waals surface area contributed by atoms with Gasteiger partial charge < -0.3 is 4.57 Å². The molecule has 2 heterocycles. The van der Waals surface area contributed by atoms with E-state index in [1.165, 1.54) is 0 Å². The normalized spacial score (nSPS) is 11.1. The Morgan fingerprint density at radius 1 is 1.00 bits per heavy atom. The van der Waals surface area contributed by atoms with E-state index in [-0.39, 0.29) is 0 Å². The number of nitrogens with zero attached hydrogens (tertiary/aromatic N) is 4. The van der Waals surface area contributed by atoms with Crippen molar-refractivity contribution in [3.05, 3.63) is 17.3 Å². The second kappa shape index (κ2) is 2.52. The summed E-state index contributed by atoms with van der Waals surface area (Å²) in [6.07, 6.45) is 0. The van der Waals surface area contributed by atoms with Crippen molar-refractivity contribution in [2.24, 2.45) is 7.05 Å². The van der Waals surface area contributed by atoms with Crippen molar-refractivity contribution in [2.45, 2.75) is 20.8 Å². The van der Waals surface area contributed by atoms with Gasteiger partial charge in [-0.3, -0.25) is 0 Å². The highest BCUT2D eigenvalue weighted by Gasteiger charge is 2.08. The van der Waals surface area contributed by atoms with Crippen LogP contribution in [0, 0.1) is 20.8 Å². The molecule has 2 aromatic heterocycles. The third kappa shape index (κ3) is 1.09. The van der Waals surface area contributed by atoms with Crippen molar-refractivity contribution in [3.8, 4) is 0 Å². The fourth-order valence-corrected chi connectivity index (χ4v) is 1.44. The van der Waals surface area contributed by atoms with Gasteiger partial charge in [0, 0.05) is 7.05 Å². The zero-order chi connectivity index (χ0) is 9.59. The van der Waals surface area contributed by atoms with E-state index in [4.69, 9.17) is 0 Å². The summed E-state index contributed by atoms with van der Waals surface area (Å²) in [5.41, 5.74) is 2.78. The molecule has 68 valence electrons. The molecule has 0 aliphatic rings. The van der Waals surface area contributed by atoms with E-state index in [9.17, 15) is 0 Å². The largest absolute Gasteiger partial charge is 0.316 e. The summed E-state index contributed by atoms with van der Waals surface area (Å²) in [5.74, 6) is 1.77. The third-order valence-corrected chi connectivity index (χ3v) is 2.23. The van der Waals surface area contributed by atoms with Gasteiger partial charge >= 0.3 is 0 Å². The maximum absolute atomic E-state index is 4.39. The monoisotopic (exact) mass is 176 g/mol. The molecule has 0 aromatic carbocycles. The molecular formula is C9H12N4. The molecule has 13 heavy (non-hydrogen) atoms. The lowest BCUT2D eigenvalue weighted by Crippen LogP contribution is -1.96. The summed E-state index contributed by atoms with van der Waals surface area (Å²) < 4.78 is 1.98. The molecule has 0 atom stereocenters. The lowest BCUT2D eigenvalue weighted by atomic mass is 10.4. The van der Waals surface area contributed by atoms with Crippen LogP contribution in [0.25, 0.3) is 11.2 Å². The molecule has 4 heteroatoms. The first kappa shape index (κ1) is 8.16. The van der Waals surface area contributed by atoms with Crippen molar-refractivity contribution in [1.82, 2.24) is 19.5 Å². The van der Waals surface area contributed by atoms with E-state index >= 15 is 0 Å². The van der Waals surface area contributed by atoms with Crippen LogP contribution in [0.4, 0.5) is 0 Å². The molecule has 0 bridgehead atoms. The Morgan fingerprint density at radius 2 is 1.69 bits per heavy atom. The van der Waals surface area contributed by atoms with Crippen molar-refractivity contribution in [2.75, 3.05) is 0 Å². The van der Waals surface area contributed by atoms with Crippen molar-refractivity contribution >= 4 is 11.2 Å². The first-order chi connectivity index (χ1) is 6.09. The molecule has 4 nitrogen and oxygen atoms in total.